The van der Waals surface area contributed by atoms with Gasteiger partial charge in [0.15, 0.2) is 0 Å². The molecule has 0 aliphatic heterocycles. The van der Waals surface area contributed by atoms with E-state index < -0.39 is 0 Å². The fraction of sp³-hybridized carbons (Fsp3) is 0.692. The molecular weight excluding hydrogens is 264 g/mol. The zero-order valence-corrected chi connectivity index (χ0v) is 12.9. The Balaban J connectivity index is 2.80. The zero-order valence-electron chi connectivity index (χ0n) is 12.1. The number of nitrogens with one attached hydrogen (secondary N) is 1. The van der Waals surface area contributed by atoms with Crippen LogP contribution in [0.15, 0.2) is 0 Å². The minimum Gasteiger partial charge on any atom is -0.396 e. The van der Waals surface area contributed by atoms with Gasteiger partial charge < -0.3 is 15.2 Å². The molecule has 19 heavy (non-hydrogen) atoms. The van der Waals surface area contributed by atoms with Crippen molar-refractivity contribution in [1.82, 2.24) is 10.3 Å². The van der Waals surface area contributed by atoms with Crippen LogP contribution in [0.4, 0.5) is 0 Å². The Hall–Kier alpha value is -0.980. The van der Waals surface area contributed by atoms with Gasteiger partial charge in [-0.05, 0) is 26.7 Å². The van der Waals surface area contributed by atoms with Crippen LogP contribution in [-0.4, -0.2) is 35.8 Å². The van der Waals surface area contributed by atoms with Crippen LogP contribution in [0.3, 0.4) is 0 Å². The molecule has 1 heterocycles. The summed E-state index contributed by atoms with van der Waals surface area (Å²) in [5, 5.41) is 12.8. The van der Waals surface area contributed by atoms with Gasteiger partial charge in [0.1, 0.15) is 16.0 Å². The molecule has 6 heteroatoms. The van der Waals surface area contributed by atoms with Crippen LogP contribution < -0.4 is 5.32 Å². The molecule has 1 aromatic heterocycles. The van der Waals surface area contributed by atoms with Gasteiger partial charge in [0, 0.05) is 19.8 Å². The number of carbonyl (C=O) groups excluding carboxylic acids is 1. The van der Waals surface area contributed by atoms with Gasteiger partial charge in [-0.25, -0.2) is 4.98 Å². The SMILES string of the molecule is COC(C)c1nc(C)c(C(=O)NC(C)C(C)CO)s1. The topological polar surface area (TPSA) is 71.5 Å². The molecule has 3 unspecified atom stereocenters. The molecule has 1 rings (SSSR count). The highest BCUT2D eigenvalue weighted by molar-refractivity contribution is 7.13. The number of rotatable bonds is 6. The Bertz CT molecular complexity index is 434. The first kappa shape index (κ1) is 16.1. The molecule has 0 aliphatic carbocycles. The second-order valence-electron chi connectivity index (χ2n) is 4.77. The van der Waals surface area contributed by atoms with E-state index in [1.54, 1.807) is 7.11 Å². The molecule has 5 nitrogen and oxygen atoms in total. The Labute approximate surface area is 118 Å². The lowest BCUT2D eigenvalue weighted by Gasteiger charge is -2.18. The summed E-state index contributed by atoms with van der Waals surface area (Å²) < 4.78 is 5.20. The molecule has 1 aromatic rings. The quantitative estimate of drug-likeness (QED) is 0.838. The highest BCUT2D eigenvalue weighted by Gasteiger charge is 2.21. The van der Waals surface area contributed by atoms with Crippen molar-refractivity contribution in [2.24, 2.45) is 5.92 Å². The first-order valence-corrected chi connectivity index (χ1v) is 7.14. The molecule has 0 saturated carbocycles. The number of amides is 1. The summed E-state index contributed by atoms with van der Waals surface area (Å²) in [7, 11) is 1.62. The van der Waals surface area contributed by atoms with Crippen molar-refractivity contribution in [3.63, 3.8) is 0 Å². The number of aliphatic hydroxyl groups is 1. The van der Waals surface area contributed by atoms with Crippen LogP contribution in [0, 0.1) is 12.8 Å². The number of aliphatic hydroxyl groups excluding tert-OH is 1. The maximum absolute atomic E-state index is 12.2. The number of hydrogen-bond donors (Lipinski definition) is 2. The third kappa shape index (κ3) is 3.99. The second kappa shape index (κ2) is 6.98. The van der Waals surface area contributed by atoms with Crippen LogP contribution in [0.5, 0.6) is 0 Å². The molecule has 0 radical (unpaired) electrons. The zero-order chi connectivity index (χ0) is 14.6. The molecule has 0 fully saturated rings. The fourth-order valence-electron chi connectivity index (χ4n) is 1.48. The van der Waals surface area contributed by atoms with Gasteiger partial charge in [0.25, 0.3) is 5.91 Å². The van der Waals surface area contributed by atoms with E-state index in [1.807, 2.05) is 27.7 Å². The molecular formula is C13H22N2O3S. The van der Waals surface area contributed by atoms with Crippen LogP contribution >= 0.6 is 11.3 Å². The number of ether oxygens (including phenoxy) is 1. The number of hydrogen-bond acceptors (Lipinski definition) is 5. The minimum atomic E-state index is -0.141. The molecule has 0 saturated heterocycles. The average Bonchev–Trinajstić information content (AvgIpc) is 2.78. The van der Waals surface area contributed by atoms with Crippen molar-refractivity contribution < 1.29 is 14.6 Å². The minimum absolute atomic E-state index is 0.0227. The smallest absolute Gasteiger partial charge is 0.263 e. The van der Waals surface area contributed by atoms with E-state index in [2.05, 4.69) is 10.3 Å². The molecule has 0 bridgehead atoms. The largest absolute Gasteiger partial charge is 0.396 e. The van der Waals surface area contributed by atoms with Gasteiger partial charge in [-0.3, -0.25) is 4.79 Å². The maximum atomic E-state index is 12.2. The molecule has 0 aliphatic rings. The lowest BCUT2D eigenvalue weighted by Crippen LogP contribution is -2.38. The Morgan fingerprint density at radius 3 is 2.63 bits per heavy atom. The van der Waals surface area contributed by atoms with Crippen molar-refractivity contribution in [2.45, 2.75) is 39.8 Å². The number of aryl methyl sites for hydroxylation is 1. The summed E-state index contributed by atoms with van der Waals surface area (Å²) in [5.74, 6) is -0.119. The number of carbonyl (C=O) groups is 1. The van der Waals surface area contributed by atoms with E-state index in [9.17, 15) is 4.79 Å². The lowest BCUT2D eigenvalue weighted by atomic mass is 10.1. The van der Waals surface area contributed by atoms with Crippen molar-refractivity contribution in [3.05, 3.63) is 15.6 Å². The van der Waals surface area contributed by atoms with E-state index in [0.717, 1.165) is 5.01 Å². The van der Waals surface area contributed by atoms with Gasteiger partial charge in [-0.1, -0.05) is 6.92 Å². The van der Waals surface area contributed by atoms with Gasteiger partial charge in [0.2, 0.25) is 0 Å². The predicted molar refractivity (Wildman–Crippen MR) is 75.5 cm³/mol. The molecule has 1 amide bonds. The van der Waals surface area contributed by atoms with E-state index in [4.69, 9.17) is 9.84 Å². The van der Waals surface area contributed by atoms with Crippen LogP contribution in [0.2, 0.25) is 0 Å². The lowest BCUT2D eigenvalue weighted by molar-refractivity contribution is 0.0919. The predicted octanol–water partition coefficient (Wildman–Crippen LogP) is 1.91. The third-order valence-corrected chi connectivity index (χ3v) is 4.54. The van der Waals surface area contributed by atoms with Gasteiger partial charge in [0.05, 0.1) is 5.69 Å². The molecule has 3 atom stereocenters. The normalized spacial score (nSPS) is 15.9. The molecule has 0 aromatic carbocycles. The van der Waals surface area contributed by atoms with Crippen LogP contribution in [0.25, 0.3) is 0 Å². The average molecular weight is 286 g/mol. The van der Waals surface area contributed by atoms with E-state index in [-0.39, 0.29) is 30.6 Å². The van der Waals surface area contributed by atoms with E-state index in [1.165, 1.54) is 11.3 Å². The first-order chi connectivity index (χ1) is 8.90. The van der Waals surface area contributed by atoms with Crippen LogP contribution in [0.1, 0.15) is 47.2 Å². The Kier molecular flexibility index (Phi) is 5.90. The summed E-state index contributed by atoms with van der Waals surface area (Å²) in [6.45, 7) is 7.54. The summed E-state index contributed by atoms with van der Waals surface area (Å²) in [6, 6.07) is -0.0812. The summed E-state index contributed by atoms with van der Waals surface area (Å²) >= 11 is 1.35. The summed E-state index contributed by atoms with van der Waals surface area (Å²) in [4.78, 5) is 17.1. The Morgan fingerprint density at radius 2 is 2.11 bits per heavy atom. The van der Waals surface area contributed by atoms with Crippen molar-refractivity contribution in [1.29, 1.82) is 0 Å². The molecule has 108 valence electrons. The monoisotopic (exact) mass is 286 g/mol. The number of thiazole rings is 1. The number of aromatic nitrogens is 1. The standard InChI is InChI=1S/C13H22N2O3S/c1-7(6-16)8(2)14-12(17)11-9(3)15-13(19-11)10(4)18-5/h7-8,10,16H,6H2,1-5H3,(H,14,17). The maximum Gasteiger partial charge on any atom is 0.263 e. The van der Waals surface area contributed by atoms with Gasteiger partial charge in [-0.15, -0.1) is 11.3 Å². The third-order valence-electron chi connectivity index (χ3n) is 3.22. The second-order valence-corrected chi connectivity index (χ2v) is 5.80. The molecule has 2 N–H and O–H groups in total. The highest BCUT2D eigenvalue weighted by atomic mass is 32.1. The van der Waals surface area contributed by atoms with Crippen molar-refractivity contribution in [2.75, 3.05) is 13.7 Å². The number of methoxy groups -OCH3 is 1. The van der Waals surface area contributed by atoms with Crippen molar-refractivity contribution >= 4 is 17.2 Å². The Morgan fingerprint density at radius 1 is 1.47 bits per heavy atom. The molecule has 0 spiro atoms. The fourth-order valence-corrected chi connectivity index (χ4v) is 2.47. The first-order valence-electron chi connectivity index (χ1n) is 6.32. The van der Waals surface area contributed by atoms with E-state index >= 15 is 0 Å². The summed E-state index contributed by atoms with van der Waals surface area (Å²) in [5.41, 5.74) is 0.713. The summed E-state index contributed by atoms with van der Waals surface area (Å²) in [6.07, 6.45) is -0.112. The van der Waals surface area contributed by atoms with Gasteiger partial charge >= 0.3 is 0 Å². The number of nitrogens with zero attached hydrogens (tertiary/aromatic N) is 1. The highest BCUT2D eigenvalue weighted by Crippen LogP contribution is 2.25. The van der Waals surface area contributed by atoms with E-state index in [0.29, 0.717) is 10.6 Å². The van der Waals surface area contributed by atoms with Crippen molar-refractivity contribution in [3.8, 4) is 0 Å². The van der Waals surface area contributed by atoms with Crippen LogP contribution in [-0.2, 0) is 4.74 Å². The van der Waals surface area contributed by atoms with Gasteiger partial charge in [-0.2, -0.15) is 0 Å².